The fourth-order valence-corrected chi connectivity index (χ4v) is 1.22. The molecule has 6 heteroatoms. The Bertz CT molecular complexity index is 336. The molecule has 1 aromatic rings. The zero-order valence-electron chi connectivity index (χ0n) is 9.04. The first-order valence-electron chi connectivity index (χ1n) is 4.93. The lowest BCUT2D eigenvalue weighted by Crippen LogP contribution is -2.28. The Labute approximate surface area is 92.8 Å². The zero-order chi connectivity index (χ0) is 12.0. The van der Waals surface area contributed by atoms with Crippen LogP contribution in [0.3, 0.4) is 0 Å². The molecule has 1 aromatic heterocycles. The minimum Gasteiger partial charge on any atom is -0.383 e. The van der Waals surface area contributed by atoms with E-state index in [9.17, 15) is 8.78 Å². The quantitative estimate of drug-likeness (QED) is 0.770. The summed E-state index contributed by atoms with van der Waals surface area (Å²) in [6.45, 7) is 0.904. The first-order chi connectivity index (χ1) is 7.63. The standard InChI is InChI=1S/C10H15F2N3O/c1-16-6-8(13)2-3-14-10-9(12)4-7(11)5-15-10/h4-5,8H,2-3,6,13H2,1H3,(H,14,15). The van der Waals surface area contributed by atoms with Gasteiger partial charge in [0.2, 0.25) is 0 Å². The second-order valence-corrected chi connectivity index (χ2v) is 3.41. The van der Waals surface area contributed by atoms with Crippen LogP contribution in [0.15, 0.2) is 12.3 Å². The lowest BCUT2D eigenvalue weighted by molar-refractivity contribution is 0.178. The Balaban J connectivity index is 2.37. The fraction of sp³-hybridized carbons (Fsp3) is 0.500. The molecule has 1 heterocycles. The Kier molecular flexibility index (Phi) is 5.07. The van der Waals surface area contributed by atoms with E-state index in [1.807, 2.05) is 0 Å². The molecule has 0 aromatic carbocycles. The number of nitrogens with two attached hydrogens (primary N) is 1. The topological polar surface area (TPSA) is 60.2 Å². The van der Waals surface area contributed by atoms with Crippen molar-refractivity contribution in [2.45, 2.75) is 12.5 Å². The van der Waals surface area contributed by atoms with Crippen molar-refractivity contribution in [3.63, 3.8) is 0 Å². The lowest BCUT2D eigenvalue weighted by Gasteiger charge is -2.11. The molecule has 1 rings (SSSR count). The molecule has 4 nitrogen and oxygen atoms in total. The van der Waals surface area contributed by atoms with Crippen LogP contribution in [-0.2, 0) is 4.74 Å². The van der Waals surface area contributed by atoms with E-state index in [4.69, 9.17) is 10.5 Å². The minimum absolute atomic E-state index is 0.0333. The Hall–Kier alpha value is -1.27. The lowest BCUT2D eigenvalue weighted by atomic mass is 10.2. The maximum absolute atomic E-state index is 13.1. The fourth-order valence-electron chi connectivity index (χ4n) is 1.22. The molecule has 16 heavy (non-hydrogen) atoms. The molecular weight excluding hydrogens is 216 g/mol. The molecule has 1 unspecified atom stereocenters. The largest absolute Gasteiger partial charge is 0.383 e. The van der Waals surface area contributed by atoms with Gasteiger partial charge in [-0.3, -0.25) is 0 Å². The van der Waals surface area contributed by atoms with Crippen LogP contribution in [0.1, 0.15) is 6.42 Å². The molecule has 0 spiro atoms. The van der Waals surface area contributed by atoms with Gasteiger partial charge in [-0.15, -0.1) is 0 Å². The van der Waals surface area contributed by atoms with E-state index >= 15 is 0 Å². The van der Waals surface area contributed by atoms with Crippen molar-refractivity contribution in [2.75, 3.05) is 25.6 Å². The molecule has 0 saturated carbocycles. The average Bonchev–Trinajstić information content (AvgIpc) is 2.22. The van der Waals surface area contributed by atoms with Crippen molar-refractivity contribution in [1.29, 1.82) is 0 Å². The molecule has 0 aliphatic rings. The monoisotopic (exact) mass is 231 g/mol. The maximum atomic E-state index is 13.1. The highest BCUT2D eigenvalue weighted by atomic mass is 19.1. The van der Waals surface area contributed by atoms with E-state index in [-0.39, 0.29) is 11.9 Å². The maximum Gasteiger partial charge on any atom is 0.168 e. The molecular formula is C10H15F2N3O. The first kappa shape index (κ1) is 12.8. The zero-order valence-corrected chi connectivity index (χ0v) is 9.04. The number of methoxy groups -OCH3 is 1. The normalized spacial score (nSPS) is 12.5. The summed E-state index contributed by atoms with van der Waals surface area (Å²) in [5.74, 6) is -1.37. The third kappa shape index (κ3) is 4.08. The van der Waals surface area contributed by atoms with Crippen molar-refractivity contribution >= 4 is 5.82 Å². The van der Waals surface area contributed by atoms with Gasteiger partial charge in [-0.25, -0.2) is 13.8 Å². The van der Waals surface area contributed by atoms with E-state index in [1.165, 1.54) is 0 Å². The molecule has 0 fully saturated rings. The summed E-state index contributed by atoms with van der Waals surface area (Å²) in [4.78, 5) is 3.59. The van der Waals surface area contributed by atoms with E-state index < -0.39 is 11.6 Å². The third-order valence-electron chi connectivity index (χ3n) is 2.00. The van der Waals surface area contributed by atoms with Gasteiger partial charge in [0.1, 0.15) is 5.82 Å². The van der Waals surface area contributed by atoms with Gasteiger partial charge < -0.3 is 15.8 Å². The van der Waals surface area contributed by atoms with Crippen LogP contribution in [0.5, 0.6) is 0 Å². The van der Waals surface area contributed by atoms with Gasteiger partial charge in [0.25, 0.3) is 0 Å². The first-order valence-corrected chi connectivity index (χ1v) is 4.93. The van der Waals surface area contributed by atoms with Crippen LogP contribution in [0.2, 0.25) is 0 Å². The highest BCUT2D eigenvalue weighted by Gasteiger charge is 2.06. The van der Waals surface area contributed by atoms with Gasteiger partial charge >= 0.3 is 0 Å². The number of rotatable bonds is 6. The summed E-state index contributed by atoms with van der Waals surface area (Å²) in [5, 5.41) is 2.74. The number of nitrogens with one attached hydrogen (secondary N) is 1. The van der Waals surface area contributed by atoms with E-state index in [1.54, 1.807) is 7.11 Å². The molecule has 0 saturated heterocycles. The second-order valence-electron chi connectivity index (χ2n) is 3.41. The van der Waals surface area contributed by atoms with Crippen molar-refractivity contribution in [3.8, 4) is 0 Å². The van der Waals surface area contributed by atoms with Gasteiger partial charge in [0.15, 0.2) is 11.6 Å². The van der Waals surface area contributed by atoms with Crippen LogP contribution in [0, 0.1) is 11.6 Å². The predicted octanol–water partition coefficient (Wildman–Crippen LogP) is 1.14. The van der Waals surface area contributed by atoms with Gasteiger partial charge in [-0.05, 0) is 6.42 Å². The van der Waals surface area contributed by atoms with Gasteiger partial charge in [-0.2, -0.15) is 0 Å². The van der Waals surface area contributed by atoms with Gasteiger partial charge in [0, 0.05) is 25.8 Å². The van der Waals surface area contributed by atoms with E-state index in [0.717, 1.165) is 12.3 Å². The van der Waals surface area contributed by atoms with Crippen LogP contribution in [0.4, 0.5) is 14.6 Å². The molecule has 0 amide bonds. The minimum atomic E-state index is -0.708. The van der Waals surface area contributed by atoms with Crippen molar-refractivity contribution in [1.82, 2.24) is 4.98 Å². The van der Waals surface area contributed by atoms with Crippen LogP contribution in [0.25, 0.3) is 0 Å². The number of ether oxygens (including phenoxy) is 1. The van der Waals surface area contributed by atoms with E-state index in [2.05, 4.69) is 10.3 Å². The number of anilines is 1. The number of pyridine rings is 1. The summed E-state index contributed by atoms with van der Waals surface area (Å²) >= 11 is 0. The molecule has 0 bridgehead atoms. The average molecular weight is 231 g/mol. The predicted molar refractivity (Wildman–Crippen MR) is 57.1 cm³/mol. The van der Waals surface area contributed by atoms with Crippen molar-refractivity contribution in [3.05, 3.63) is 23.9 Å². The summed E-state index contributed by atoms with van der Waals surface area (Å²) in [7, 11) is 1.56. The molecule has 90 valence electrons. The number of hydrogen-bond donors (Lipinski definition) is 2. The molecule has 3 N–H and O–H groups in total. The molecule has 0 aliphatic carbocycles. The molecule has 0 radical (unpaired) electrons. The third-order valence-corrected chi connectivity index (χ3v) is 2.00. The number of aromatic nitrogens is 1. The number of hydrogen-bond acceptors (Lipinski definition) is 4. The Morgan fingerprint density at radius 2 is 2.31 bits per heavy atom. The van der Waals surface area contributed by atoms with Crippen molar-refractivity contribution in [2.24, 2.45) is 5.73 Å². The Morgan fingerprint density at radius 3 is 2.94 bits per heavy atom. The molecule has 0 aliphatic heterocycles. The van der Waals surface area contributed by atoms with Crippen LogP contribution < -0.4 is 11.1 Å². The number of nitrogens with zero attached hydrogens (tertiary/aromatic N) is 1. The van der Waals surface area contributed by atoms with Gasteiger partial charge in [-0.1, -0.05) is 0 Å². The second kappa shape index (κ2) is 6.34. The summed E-state index contributed by atoms with van der Waals surface area (Å²) in [6, 6.07) is 0.672. The SMILES string of the molecule is COCC(N)CCNc1ncc(F)cc1F. The van der Waals surface area contributed by atoms with E-state index in [0.29, 0.717) is 19.6 Å². The summed E-state index contributed by atoms with van der Waals surface area (Å²) < 4.78 is 30.5. The molecule has 1 atom stereocenters. The van der Waals surface area contributed by atoms with Crippen molar-refractivity contribution < 1.29 is 13.5 Å². The van der Waals surface area contributed by atoms with Crippen LogP contribution in [-0.4, -0.2) is 31.3 Å². The highest BCUT2D eigenvalue weighted by molar-refractivity contribution is 5.35. The summed E-state index contributed by atoms with van der Waals surface area (Å²) in [5.41, 5.74) is 5.67. The van der Waals surface area contributed by atoms with Gasteiger partial charge in [0.05, 0.1) is 12.8 Å². The highest BCUT2D eigenvalue weighted by Crippen LogP contribution is 2.10. The number of halogens is 2. The smallest absolute Gasteiger partial charge is 0.168 e. The Morgan fingerprint density at radius 1 is 1.56 bits per heavy atom. The van der Waals surface area contributed by atoms with Crippen LogP contribution >= 0.6 is 0 Å². The summed E-state index contributed by atoms with van der Waals surface area (Å²) in [6.07, 6.45) is 1.58.